The van der Waals surface area contributed by atoms with Gasteiger partial charge in [0.25, 0.3) is 0 Å². The maximum Gasteiger partial charge on any atom is 0.224 e. The van der Waals surface area contributed by atoms with E-state index < -0.39 is 0 Å². The second-order valence-electron chi connectivity index (χ2n) is 6.06. The second-order valence-corrected chi connectivity index (χ2v) is 6.06. The van der Waals surface area contributed by atoms with E-state index in [2.05, 4.69) is 20.8 Å². The highest BCUT2D eigenvalue weighted by Crippen LogP contribution is 2.21. The molecule has 1 heterocycles. The summed E-state index contributed by atoms with van der Waals surface area (Å²) in [5, 5.41) is 0. The van der Waals surface area contributed by atoms with E-state index in [1.807, 2.05) is 12.1 Å². The molecule has 1 amide bonds. The lowest BCUT2D eigenvalue weighted by atomic mass is 9.87. The summed E-state index contributed by atoms with van der Waals surface area (Å²) in [6.07, 6.45) is 2.83. The van der Waals surface area contributed by atoms with Crippen LogP contribution < -0.4 is 5.73 Å². The molecule has 2 N–H and O–H groups in total. The number of amides is 1. The van der Waals surface area contributed by atoms with Crippen molar-refractivity contribution in [3.63, 3.8) is 0 Å². The number of furan rings is 1. The molecule has 0 aliphatic rings. The summed E-state index contributed by atoms with van der Waals surface area (Å²) in [4.78, 5) is 13.6. The third-order valence-corrected chi connectivity index (χ3v) is 2.71. The van der Waals surface area contributed by atoms with Crippen LogP contribution in [0.1, 0.15) is 39.4 Å². The van der Waals surface area contributed by atoms with Crippen molar-refractivity contribution in [3.05, 3.63) is 24.2 Å². The maximum atomic E-state index is 12.0. The Morgan fingerprint density at radius 1 is 1.50 bits per heavy atom. The van der Waals surface area contributed by atoms with Gasteiger partial charge in [-0.25, -0.2) is 0 Å². The van der Waals surface area contributed by atoms with E-state index in [9.17, 15) is 4.79 Å². The minimum atomic E-state index is -0.0865. The summed E-state index contributed by atoms with van der Waals surface area (Å²) in [5.41, 5.74) is 6.15. The van der Waals surface area contributed by atoms with Gasteiger partial charge in [-0.2, -0.15) is 0 Å². The predicted octanol–water partition coefficient (Wildman–Crippen LogP) is 2.39. The minimum absolute atomic E-state index is 0.0585. The molecule has 4 heteroatoms. The molecule has 4 nitrogen and oxygen atoms in total. The normalized spacial score (nSPS) is 13.4. The van der Waals surface area contributed by atoms with Crippen LogP contribution in [0, 0.1) is 5.41 Å². The Labute approximate surface area is 109 Å². The van der Waals surface area contributed by atoms with Gasteiger partial charge in [-0.1, -0.05) is 20.8 Å². The molecule has 0 aromatic carbocycles. The smallest absolute Gasteiger partial charge is 0.224 e. The molecule has 1 aromatic heterocycles. The van der Waals surface area contributed by atoms with Crippen molar-refractivity contribution in [2.45, 2.75) is 46.2 Å². The first kappa shape index (κ1) is 14.8. The number of carbonyl (C=O) groups is 1. The van der Waals surface area contributed by atoms with Gasteiger partial charge in [0.15, 0.2) is 0 Å². The number of hydrogen-bond donors (Lipinski definition) is 1. The lowest BCUT2D eigenvalue weighted by Gasteiger charge is -2.24. The molecular formula is C14H24N2O2. The Balaban J connectivity index is 2.40. The lowest BCUT2D eigenvalue weighted by Crippen LogP contribution is -2.35. The van der Waals surface area contributed by atoms with Gasteiger partial charge in [0.05, 0.1) is 12.8 Å². The summed E-state index contributed by atoms with van der Waals surface area (Å²) in [5.74, 6) is 0.846. The fraction of sp³-hybridized carbons (Fsp3) is 0.643. The van der Waals surface area contributed by atoms with Crippen molar-refractivity contribution in [1.29, 1.82) is 0 Å². The molecule has 1 aromatic rings. The van der Waals surface area contributed by atoms with Crippen LogP contribution in [0.2, 0.25) is 0 Å². The largest absolute Gasteiger partial charge is 0.467 e. The Morgan fingerprint density at radius 3 is 2.67 bits per heavy atom. The van der Waals surface area contributed by atoms with Gasteiger partial charge in [-0.15, -0.1) is 0 Å². The molecule has 0 radical (unpaired) electrons. The zero-order valence-corrected chi connectivity index (χ0v) is 11.8. The van der Waals surface area contributed by atoms with Gasteiger partial charge >= 0.3 is 0 Å². The van der Waals surface area contributed by atoms with Gasteiger partial charge in [0.2, 0.25) is 5.91 Å². The average Bonchev–Trinajstić information content (AvgIpc) is 2.66. The third-order valence-electron chi connectivity index (χ3n) is 2.71. The van der Waals surface area contributed by atoms with Crippen LogP contribution in [0.15, 0.2) is 22.8 Å². The van der Waals surface area contributed by atoms with Crippen molar-refractivity contribution in [3.8, 4) is 0 Å². The fourth-order valence-corrected chi connectivity index (χ4v) is 1.96. The number of carbonyl (C=O) groups excluding carboxylic acids is 1. The molecule has 102 valence electrons. The summed E-state index contributed by atoms with van der Waals surface area (Å²) in [6.45, 7) is 6.88. The molecule has 0 fully saturated rings. The van der Waals surface area contributed by atoms with Gasteiger partial charge in [-0.3, -0.25) is 4.79 Å². The summed E-state index contributed by atoms with van der Waals surface area (Å²) < 4.78 is 5.21. The number of hydrogen-bond acceptors (Lipinski definition) is 3. The summed E-state index contributed by atoms with van der Waals surface area (Å²) in [6, 6.07) is 3.59. The average molecular weight is 252 g/mol. The molecule has 0 spiro atoms. The second kappa shape index (κ2) is 6.05. The predicted molar refractivity (Wildman–Crippen MR) is 71.8 cm³/mol. The Kier molecular flexibility index (Phi) is 4.96. The van der Waals surface area contributed by atoms with Crippen LogP contribution in [0.25, 0.3) is 0 Å². The summed E-state index contributed by atoms with van der Waals surface area (Å²) in [7, 11) is 1.77. The number of nitrogens with two attached hydrogens (primary N) is 1. The van der Waals surface area contributed by atoms with Crippen molar-refractivity contribution in [2.24, 2.45) is 11.1 Å². The quantitative estimate of drug-likeness (QED) is 0.875. The Hall–Kier alpha value is -1.29. The first-order valence-electron chi connectivity index (χ1n) is 6.30. The SMILES string of the molecule is CN(Cc1ccco1)C(=O)CC(N)CC(C)(C)C. The standard InChI is InChI=1S/C14H24N2O2/c1-14(2,3)9-11(15)8-13(17)16(4)10-12-6-5-7-18-12/h5-7,11H,8-10,15H2,1-4H3. The van der Waals surface area contributed by atoms with E-state index in [1.54, 1.807) is 18.2 Å². The highest BCUT2D eigenvalue weighted by atomic mass is 16.3. The van der Waals surface area contributed by atoms with Crippen LogP contribution in [-0.2, 0) is 11.3 Å². The first-order valence-corrected chi connectivity index (χ1v) is 6.30. The van der Waals surface area contributed by atoms with Gasteiger partial charge in [0, 0.05) is 19.5 Å². The maximum absolute atomic E-state index is 12.0. The van der Waals surface area contributed by atoms with Crippen molar-refractivity contribution in [2.75, 3.05) is 7.05 Å². The topological polar surface area (TPSA) is 59.5 Å². The zero-order chi connectivity index (χ0) is 13.8. The van der Waals surface area contributed by atoms with Crippen molar-refractivity contribution in [1.82, 2.24) is 4.90 Å². The molecule has 18 heavy (non-hydrogen) atoms. The molecule has 0 saturated carbocycles. The Morgan fingerprint density at radius 2 is 2.17 bits per heavy atom. The van der Waals surface area contributed by atoms with Gasteiger partial charge in [-0.05, 0) is 24.0 Å². The van der Waals surface area contributed by atoms with Crippen molar-refractivity contribution >= 4 is 5.91 Å². The van der Waals surface area contributed by atoms with Crippen LogP contribution in [0.3, 0.4) is 0 Å². The molecule has 1 rings (SSSR count). The van der Waals surface area contributed by atoms with E-state index in [0.717, 1.165) is 12.2 Å². The van der Waals surface area contributed by atoms with Crippen LogP contribution >= 0.6 is 0 Å². The Bertz CT molecular complexity index is 366. The van der Waals surface area contributed by atoms with Gasteiger partial charge < -0.3 is 15.1 Å². The highest BCUT2D eigenvalue weighted by molar-refractivity contribution is 5.76. The van der Waals surface area contributed by atoms with Crippen LogP contribution in [-0.4, -0.2) is 23.9 Å². The zero-order valence-electron chi connectivity index (χ0n) is 11.8. The van der Waals surface area contributed by atoms with E-state index in [-0.39, 0.29) is 17.4 Å². The monoisotopic (exact) mass is 252 g/mol. The van der Waals surface area contributed by atoms with Crippen LogP contribution in [0.4, 0.5) is 0 Å². The molecule has 0 aliphatic carbocycles. The van der Waals surface area contributed by atoms with Crippen LogP contribution in [0.5, 0.6) is 0 Å². The van der Waals surface area contributed by atoms with Gasteiger partial charge in [0.1, 0.15) is 5.76 Å². The van der Waals surface area contributed by atoms with E-state index >= 15 is 0 Å². The molecule has 1 unspecified atom stereocenters. The van der Waals surface area contributed by atoms with E-state index in [1.165, 1.54) is 0 Å². The van der Waals surface area contributed by atoms with E-state index in [0.29, 0.717) is 13.0 Å². The number of rotatable bonds is 5. The highest BCUT2D eigenvalue weighted by Gasteiger charge is 2.20. The van der Waals surface area contributed by atoms with E-state index in [4.69, 9.17) is 10.2 Å². The lowest BCUT2D eigenvalue weighted by molar-refractivity contribution is -0.131. The fourth-order valence-electron chi connectivity index (χ4n) is 1.96. The number of nitrogens with zero attached hydrogens (tertiary/aromatic N) is 1. The summed E-state index contributed by atoms with van der Waals surface area (Å²) >= 11 is 0. The first-order chi connectivity index (χ1) is 8.28. The molecule has 0 aliphatic heterocycles. The minimum Gasteiger partial charge on any atom is -0.467 e. The van der Waals surface area contributed by atoms with Crippen molar-refractivity contribution < 1.29 is 9.21 Å². The third kappa shape index (κ3) is 5.36. The molecule has 0 saturated heterocycles. The molecular weight excluding hydrogens is 228 g/mol. The molecule has 0 bridgehead atoms. The molecule has 1 atom stereocenters.